The first-order valence-electron chi connectivity index (χ1n) is 11.8. The van der Waals surface area contributed by atoms with Crippen molar-refractivity contribution in [2.45, 2.75) is 25.2 Å². The summed E-state index contributed by atoms with van der Waals surface area (Å²) in [7, 11) is 5.31. The Kier molecular flexibility index (Phi) is 9.27. The largest absolute Gasteiger partial charge is 0.497 e. The number of fused-ring (bicyclic) bond motifs is 1. The first-order valence-corrected chi connectivity index (χ1v) is 11.8. The summed E-state index contributed by atoms with van der Waals surface area (Å²) in [5.74, 6) is -0.891. The first-order chi connectivity index (χ1) is 18.7. The van der Waals surface area contributed by atoms with Gasteiger partial charge in [0, 0.05) is 51.1 Å². The lowest BCUT2D eigenvalue weighted by molar-refractivity contribution is -0.192. The number of hydrogen-bond donors (Lipinski definition) is 2. The molecule has 216 valence electrons. The second kappa shape index (κ2) is 12.3. The van der Waals surface area contributed by atoms with Crippen molar-refractivity contribution < 1.29 is 41.0 Å². The van der Waals surface area contributed by atoms with Crippen molar-refractivity contribution in [3.8, 4) is 5.75 Å². The Hall–Kier alpha value is -4.30. The van der Waals surface area contributed by atoms with Crippen LogP contribution in [0.25, 0.3) is 0 Å². The number of benzene rings is 1. The Bertz CT molecular complexity index is 1320. The van der Waals surface area contributed by atoms with E-state index in [0.29, 0.717) is 37.7 Å². The molecule has 0 amide bonds. The number of nitrogens with zero attached hydrogens (tertiary/aromatic N) is 5. The van der Waals surface area contributed by atoms with Gasteiger partial charge in [-0.05, 0) is 42.8 Å². The Morgan fingerprint density at radius 1 is 1.02 bits per heavy atom. The van der Waals surface area contributed by atoms with E-state index in [1.54, 1.807) is 12.0 Å². The third-order valence-corrected chi connectivity index (χ3v) is 5.72. The van der Waals surface area contributed by atoms with Gasteiger partial charge in [0.1, 0.15) is 17.4 Å². The molecule has 0 aliphatic carbocycles. The topological polar surface area (TPSA) is 104 Å². The van der Waals surface area contributed by atoms with Gasteiger partial charge in [-0.15, -0.1) is 0 Å². The van der Waals surface area contributed by atoms with Gasteiger partial charge in [0.15, 0.2) is 0 Å². The van der Waals surface area contributed by atoms with Crippen LogP contribution < -0.4 is 19.9 Å². The maximum atomic E-state index is 13.6. The van der Waals surface area contributed by atoms with Crippen LogP contribution in [0.4, 0.5) is 49.6 Å². The van der Waals surface area contributed by atoms with Gasteiger partial charge in [0.2, 0.25) is 5.95 Å². The van der Waals surface area contributed by atoms with Crippen LogP contribution in [0.1, 0.15) is 16.8 Å². The van der Waals surface area contributed by atoms with E-state index in [-0.39, 0.29) is 5.82 Å². The molecule has 3 aromatic rings. The highest BCUT2D eigenvalue weighted by Gasteiger charge is 2.38. The number of halogens is 6. The average molecular weight is 573 g/mol. The number of anilines is 4. The van der Waals surface area contributed by atoms with Crippen molar-refractivity contribution in [2.75, 3.05) is 49.4 Å². The normalized spacial score (nSPS) is 13.4. The number of hydrogen-bond acceptors (Lipinski definition) is 8. The van der Waals surface area contributed by atoms with Gasteiger partial charge in [0.25, 0.3) is 0 Å². The summed E-state index contributed by atoms with van der Waals surface area (Å²) in [5, 5.41) is 10.5. The molecule has 0 unspecified atom stereocenters. The number of alkyl halides is 6. The van der Waals surface area contributed by atoms with Crippen molar-refractivity contribution in [2.24, 2.45) is 0 Å². The number of aliphatic carboxylic acids is 1. The molecule has 0 saturated heterocycles. The minimum Gasteiger partial charge on any atom is -0.497 e. The summed E-state index contributed by atoms with van der Waals surface area (Å²) in [6, 6.07) is 9.84. The van der Waals surface area contributed by atoms with Gasteiger partial charge in [0.05, 0.1) is 18.4 Å². The molecular weight excluding hydrogens is 546 g/mol. The molecule has 1 aliphatic rings. The quantitative estimate of drug-likeness (QED) is 0.411. The lowest BCUT2D eigenvalue weighted by Crippen LogP contribution is -2.29. The molecule has 2 aromatic heterocycles. The van der Waals surface area contributed by atoms with Crippen LogP contribution >= 0.6 is 0 Å². The lowest BCUT2D eigenvalue weighted by Gasteiger charge is -2.24. The molecule has 0 spiro atoms. The van der Waals surface area contributed by atoms with E-state index in [4.69, 9.17) is 14.6 Å². The smallest absolute Gasteiger partial charge is 0.490 e. The van der Waals surface area contributed by atoms with Gasteiger partial charge < -0.3 is 25.0 Å². The zero-order valence-corrected chi connectivity index (χ0v) is 21.6. The number of ether oxygens (including phenoxy) is 1. The Morgan fingerprint density at radius 2 is 1.65 bits per heavy atom. The minimum atomic E-state index is -5.08. The van der Waals surface area contributed by atoms with Crippen molar-refractivity contribution >= 4 is 29.2 Å². The van der Waals surface area contributed by atoms with E-state index in [2.05, 4.69) is 20.3 Å². The number of nitrogens with one attached hydrogen (secondary N) is 1. The van der Waals surface area contributed by atoms with Gasteiger partial charge in [-0.25, -0.2) is 14.8 Å². The summed E-state index contributed by atoms with van der Waals surface area (Å²) in [6.45, 7) is 0.744. The Morgan fingerprint density at radius 3 is 2.20 bits per heavy atom. The van der Waals surface area contributed by atoms with Crippen molar-refractivity contribution in [1.82, 2.24) is 15.0 Å². The molecule has 0 saturated carbocycles. The molecule has 0 fully saturated rings. The fraction of sp³-hybridized carbons (Fsp3) is 0.360. The van der Waals surface area contributed by atoms with Crippen molar-refractivity contribution in [1.29, 1.82) is 0 Å². The highest BCUT2D eigenvalue weighted by atomic mass is 19.4. The Labute approximate surface area is 225 Å². The molecule has 2 N–H and O–H groups in total. The van der Waals surface area contributed by atoms with Crippen LogP contribution in [0.15, 0.2) is 42.6 Å². The summed E-state index contributed by atoms with van der Waals surface area (Å²) >= 11 is 0. The zero-order valence-electron chi connectivity index (χ0n) is 21.6. The predicted molar refractivity (Wildman–Crippen MR) is 135 cm³/mol. The highest BCUT2D eigenvalue weighted by molar-refractivity contribution is 5.73. The van der Waals surface area contributed by atoms with E-state index in [1.807, 2.05) is 43.3 Å². The molecule has 1 aliphatic heterocycles. The average Bonchev–Trinajstić information content (AvgIpc) is 3.11. The van der Waals surface area contributed by atoms with Crippen LogP contribution in [0.3, 0.4) is 0 Å². The third kappa shape index (κ3) is 7.64. The number of carboxylic acids is 1. The predicted octanol–water partition coefficient (Wildman–Crippen LogP) is 4.95. The molecule has 0 atom stereocenters. The fourth-order valence-electron chi connectivity index (χ4n) is 3.78. The number of carboxylic acid groups (broad SMARTS) is 1. The van der Waals surface area contributed by atoms with E-state index in [9.17, 15) is 26.3 Å². The van der Waals surface area contributed by atoms with E-state index in [0.717, 1.165) is 28.8 Å². The third-order valence-electron chi connectivity index (χ3n) is 5.72. The maximum Gasteiger partial charge on any atom is 0.490 e. The maximum absolute atomic E-state index is 13.6. The van der Waals surface area contributed by atoms with Gasteiger partial charge >= 0.3 is 18.3 Å². The fourth-order valence-corrected chi connectivity index (χ4v) is 3.78. The van der Waals surface area contributed by atoms with Gasteiger partial charge in [-0.1, -0.05) is 0 Å². The van der Waals surface area contributed by atoms with Crippen LogP contribution in [0, 0.1) is 0 Å². The van der Waals surface area contributed by atoms with Crippen LogP contribution in [0.2, 0.25) is 0 Å². The zero-order chi connectivity index (χ0) is 29.7. The summed E-state index contributed by atoms with van der Waals surface area (Å²) < 4.78 is 77.6. The van der Waals surface area contributed by atoms with Crippen molar-refractivity contribution in [3.05, 3.63) is 59.4 Å². The second-order valence-electron chi connectivity index (χ2n) is 8.71. The van der Waals surface area contributed by atoms with Crippen LogP contribution in [-0.4, -0.2) is 66.5 Å². The number of rotatable bonds is 5. The molecule has 1 aromatic carbocycles. The number of methoxy groups -OCH3 is 1. The van der Waals surface area contributed by atoms with Gasteiger partial charge in [-0.3, -0.25) is 0 Å². The van der Waals surface area contributed by atoms with Gasteiger partial charge in [-0.2, -0.15) is 31.3 Å². The lowest BCUT2D eigenvalue weighted by atomic mass is 10.1. The molecule has 40 heavy (non-hydrogen) atoms. The molecule has 4 rings (SSSR count). The molecule has 3 heterocycles. The summed E-state index contributed by atoms with van der Waals surface area (Å²) in [6.07, 6.45) is -7.20. The van der Waals surface area contributed by atoms with Crippen LogP contribution in [0.5, 0.6) is 5.75 Å². The molecular formula is C25H26F6N6O3. The highest BCUT2D eigenvalue weighted by Crippen LogP contribution is 2.36. The summed E-state index contributed by atoms with van der Waals surface area (Å²) in [5.41, 5.74) is 1.80. The molecule has 15 heteroatoms. The van der Waals surface area contributed by atoms with E-state index in [1.165, 1.54) is 12.3 Å². The Balaban J connectivity index is 0.000000559. The van der Waals surface area contributed by atoms with Crippen molar-refractivity contribution in [3.63, 3.8) is 0 Å². The standard InChI is InChI=1S/C23H25F3N6O.C2HF3O2/c1-31(2)22-29-19-11-14-32(21-18(23(24,25)26)5-4-12-27-21)13-10-17(19)20(30-22)28-15-6-8-16(33-3)9-7-15;3-2(4,5)1(6)7/h4-9,12H,10-11,13-14H2,1-3H3,(H,28,29,30);(H,6,7). The van der Waals surface area contributed by atoms with E-state index < -0.39 is 23.9 Å². The number of carbonyl (C=O) groups is 1. The SMILES string of the molecule is COc1ccc(Nc2nc(N(C)C)nc3c2CCN(c2ncccc2C(F)(F)F)CC3)cc1.O=C(O)C(F)(F)F. The second-order valence-corrected chi connectivity index (χ2v) is 8.71. The van der Waals surface area contributed by atoms with E-state index >= 15 is 0 Å². The first kappa shape index (κ1) is 30.2. The number of pyridine rings is 1. The molecule has 0 bridgehead atoms. The number of aromatic nitrogens is 3. The molecule has 9 nitrogen and oxygen atoms in total. The van der Waals surface area contributed by atoms with Crippen LogP contribution in [-0.2, 0) is 23.8 Å². The molecule has 0 radical (unpaired) electrons. The summed E-state index contributed by atoms with van der Waals surface area (Å²) in [4.78, 5) is 25.8. The monoisotopic (exact) mass is 572 g/mol. The minimum absolute atomic E-state index is 0.0525.